The number of quaternary nitrogens is 1. The van der Waals surface area contributed by atoms with E-state index in [1.807, 2.05) is 24.3 Å². The van der Waals surface area contributed by atoms with E-state index in [2.05, 4.69) is 46.6 Å². The van der Waals surface area contributed by atoms with Gasteiger partial charge in [-0.1, -0.05) is 36.4 Å². The van der Waals surface area contributed by atoms with Gasteiger partial charge in [0, 0.05) is 11.8 Å². The quantitative estimate of drug-likeness (QED) is 0.792. The van der Waals surface area contributed by atoms with Crippen molar-refractivity contribution in [3.8, 4) is 11.5 Å². The van der Waals surface area contributed by atoms with Gasteiger partial charge < -0.3 is 24.6 Å². The topological polar surface area (TPSA) is 38.2 Å². The second-order valence-electron chi connectivity index (χ2n) is 6.75. The van der Waals surface area contributed by atoms with Crippen LogP contribution in [0.1, 0.15) is 5.56 Å². The van der Waals surface area contributed by atoms with Crippen LogP contribution in [0.4, 0.5) is 5.69 Å². The molecule has 6 heteroatoms. The average molecular weight is 383 g/mol. The first-order valence-corrected chi connectivity index (χ1v) is 9.69. The van der Waals surface area contributed by atoms with Crippen molar-refractivity contribution in [2.24, 2.45) is 0 Å². The van der Waals surface area contributed by atoms with Gasteiger partial charge in [-0.2, -0.15) is 0 Å². The van der Waals surface area contributed by atoms with Crippen LogP contribution in [0.3, 0.4) is 0 Å². The summed E-state index contributed by atoms with van der Waals surface area (Å²) in [5, 5.41) is 4.09. The molecule has 5 nitrogen and oxygen atoms in total. The van der Waals surface area contributed by atoms with Crippen molar-refractivity contribution in [3.05, 3.63) is 60.2 Å². The molecule has 1 saturated heterocycles. The predicted octanol–water partition coefficient (Wildman–Crippen LogP) is 2.03. The van der Waals surface area contributed by atoms with Crippen molar-refractivity contribution in [3.63, 3.8) is 0 Å². The molecule has 0 aliphatic carbocycles. The molecule has 0 amide bonds. The zero-order valence-electron chi connectivity index (χ0n) is 15.2. The van der Waals surface area contributed by atoms with Gasteiger partial charge in [0.15, 0.2) is 16.6 Å². The monoisotopic (exact) mass is 382 g/mol. The minimum absolute atomic E-state index is 0.284. The van der Waals surface area contributed by atoms with Crippen LogP contribution < -0.4 is 19.7 Å². The highest BCUT2D eigenvalue weighted by Crippen LogP contribution is 2.34. The number of benzene rings is 2. The number of hydrogen-bond donors (Lipinski definition) is 2. The van der Waals surface area contributed by atoms with Crippen LogP contribution in [-0.2, 0) is 0 Å². The molecule has 2 aliphatic heterocycles. The maximum Gasteiger partial charge on any atom is 0.231 e. The number of anilines is 1. The summed E-state index contributed by atoms with van der Waals surface area (Å²) in [6.07, 6.45) is 4.47. The Hall–Kier alpha value is -2.57. The van der Waals surface area contributed by atoms with E-state index >= 15 is 0 Å². The Morgan fingerprint density at radius 1 is 1.07 bits per heavy atom. The molecular formula is C21H24N3O2S+. The Kier molecular flexibility index (Phi) is 5.55. The molecule has 0 atom stereocenters. The Labute approximate surface area is 165 Å². The normalized spacial score (nSPS) is 16.7. The molecule has 0 spiro atoms. The third kappa shape index (κ3) is 4.59. The van der Waals surface area contributed by atoms with Gasteiger partial charge in [0.2, 0.25) is 6.79 Å². The Balaban J connectivity index is 1.24. The molecule has 27 heavy (non-hydrogen) atoms. The maximum absolute atomic E-state index is 5.59. The fourth-order valence-corrected chi connectivity index (χ4v) is 3.63. The highest BCUT2D eigenvalue weighted by molar-refractivity contribution is 7.80. The number of nitrogens with zero attached hydrogens (tertiary/aromatic N) is 1. The molecule has 4 rings (SSSR count). The summed E-state index contributed by atoms with van der Waals surface area (Å²) < 4.78 is 10.8. The van der Waals surface area contributed by atoms with Gasteiger partial charge in [-0.3, -0.25) is 0 Å². The first-order chi connectivity index (χ1) is 13.3. The van der Waals surface area contributed by atoms with Gasteiger partial charge in [-0.15, -0.1) is 0 Å². The SMILES string of the molecule is S=C(Nc1ccc2c(c1)OCO2)N1CC[NH+](C/C=C/c2ccccc2)CC1. The summed E-state index contributed by atoms with van der Waals surface area (Å²) in [6, 6.07) is 16.3. The molecule has 2 aromatic carbocycles. The molecule has 0 saturated carbocycles. The molecule has 0 aromatic heterocycles. The van der Waals surface area contributed by atoms with E-state index in [0.717, 1.165) is 55.0 Å². The second-order valence-corrected chi connectivity index (χ2v) is 7.14. The number of nitrogens with one attached hydrogen (secondary N) is 2. The van der Waals surface area contributed by atoms with E-state index in [9.17, 15) is 0 Å². The van der Waals surface area contributed by atoms with Crippen molar-refractivity contribution in [2.45, 2.75) is 0 Å². The van der Waals surface area contributed by atoms with Crippen LogP contribution in [0, 0.1) is 0 Å². The summed E-state index contributed by atoms with van der Waals surface area (Å²) >= 11 is 5.59. The summed E-state index contributed by atoms with van der Waals surface area (Å²) in [5.41, 5.74) is 2.19. The van der Waals surface area contributed by atoms with Crippen LogP contribution in [-0.4, -0.2) is 49.5 Å². The van der Waals surface area contributed by atoms with Crippen LogP contribution in [0.25, 0.3) is 6.08 Å². The zero-order valence-corrected chi connectivity index (χ0v) is 16.0. The van der Waals surface area contributed by atoms with E-state index in [4.69, 9.17) is 21.7 Å². The highest BCUT2D eigenvalue weighted by atomic mass is 32.1. The van der Waals surface area contributed by atoms with Gasteiger partial charge in [0.1, 0.15) is 0 Å². The summed E-state index contributed by atoms with van der Waals surface area (Å²) in [6.45, 7) is 5.43. The van der Waals surface area contributed by atoms with Crippen LogP contribution in [0.5, 0.6) is 11.5 Å². The average Bonchev–Trinajstić information content (AvgIpc) is 3.17. The van der Waals surface area contributed by atoms with Crippen molar-refractivity contribution >= 4 is 29.1 Å². The van der Waals surface area contributed by atoms with Gasteiger partial charge in [0.05, 0.1) is 32.7 Å². The number of hydrogen-bond acceptors (Lipinski definition) is 3. The van der Waals surface area contributed by atoms with Gasteiger partial charge in [0.25, 0.3) is 0 Å². The maximum atomic E-state index is 5.59. The van der Waals surface area contributed by atoms with Crippen LogP contribution in [0.15, 0.2) is 54.6 Å². The number of fused-ring (bicyclic) bond motifs is 1. The summed E-state index contributed by atoms with van der Waals surface area (Å²) in [5.74, 6) is 1.55. The lowest BCUT2D eigenvalue weighted by Crippen LogP contribution is -3.14. The van der Waals surface area contributed by atoms with Gasteiger partial charge >= 0.3 is 0 Å². The fraction of sp³-hybridized carbons (Fsp3) is 0.286. The number of thiocarbonyl (C=S) groups is 1. The number of ether oxygens (including phenoxy) is 2. The Morgan fingerprint density at radius 2 is 1.85 bits per heavy atom. The molecule has 1 fully saturated rings. The van der Waals surface area contributed by atoms with E-state index in [1.54, 1.807) is 4.90 Å². The molecule has 0 bridgehead atoms. The van der Waals surface area contributed by atoms with E-state index < -0.39 is 0 Å². The lowest BCUT2D eigenvalue weighted by atomic mass is 10.2. The summed E-state index contributed by atoms with van der Waals surface area (Å²) in [7, 11) is 0. The largest absolute Gasteiger partial charge is 0.454 e. The van der Waals surface area contributed by atoms with Crippen molar-refractivity contribution < 1.29 is 14.4 Å². The third-order valence-electron chi connectivity index (χ3n) is 4.90. The van der Waals surface area contributed by atoms with E-state index in [1.165, 1.54) is 5.56 Å². The van der Waals surface area contributed by atoms with E-state index in [0.29, 0.717) is 0 Å². The first kappa shape index (κ1) is 17.8. The minimum atomic E-state index is 0.284. The first-order valence-electron chi connectivity index (χ1n) is 9.29. The van der Waals surface area contributed by atoms with Crippen LogP contribution in [0.2, 0.25) is 0 Å². The minimum Gasteiger partial charge on any atom is -0.454 e. The van der Waals surface area contributed by atoms with E-state index in [-0.39, 0.29) is 6.79 Å². The number of piperazine rings is 1. The second kappa shape index (κ2) is 8.41. The van der Waals surface area contributed by atoms with Crippen LogP contribution >= 0.6 is 12.2 Å². The molecule has 0 unspecified atom stereocenters. The van der Waals surface area contributed by atoms with Gasteiger partial charge in [-0.25, -0.2) is 0 Å². The smallest absolute Gasteiger partial charge is 0.231 e. The van der Waals surface area contributed by atoms with Gasteiger partial charge in [-0.05, 0) is 36.0 Å². The molecule has 2 aromatic rings. The Morgan fingerprint density at radius 3 is 2.67 bits per heavy atom. The summed E-state index contributed by atoms with van der Waals surface area (Å²) in [4.78, 5) is 3.83. The van der Waals surface area contributed by atoms with Crippen molar-refractivity contribution in [1.29, 1.82) is 0 Å². The molecule has 140 valence electrons. The highest BCUT2D eigenvalue weighted by Gasteiger charge is 2.21. The van der Waals surface area contributed by atoms with Crippen molar-refractivity contribution in [2.75, 3.05) is 44.8 Å². The lowest BCUT2D eigenvalue weighted by Gasteiger charge is -2.33. The predicted molar refractivity (Wildman–Crippen MR) is 111 cm³/mol. The van der Waals surface area contributed by atoms with Crippen molar-refractivity contribution in [1.82, 2.24) is 4.90 Å². The Bertz CT molecular complexity index is 817. The third-order valence-corrected chi connectivity index (χ3v) is 5.26. The lowest BCUT2D eigenvalue weighted by molar-refractivity contribution is -0.897. The fourth-order valence-electron chi connectivity index (χ4n) is 3.33. The molecule has 2 heterocycles. The molecular weight excluding hydrogens is 358 g/mol. The molecule has 0 radical (unpaired) electrons. The standard InChI is InChI=1S/C21H23N3O2S/c27-21(22-18-8-9-19-20(15-18)26-16-25-19)24-13-11-23(12-14-24)10-4-7-17-5-2-1-3-6-17/h1-9,15H,10-14,16H2,(H,22,27)/p+1/b7-4+. The zero-order chi connectivity index (χ0) is 18.5. The number of rotatable bonds is 4. The molecule has 2 N–H and O–H groups in total. The molecule has 2 aliphatic rings.